The number of fused-ring (bicyclic) bond motifs is 1. The molecule has 0 saturated heterocycles. The summed E-state index contributed by atoms with van der Waals surface area (Å²) in [6.07, 6.45) is 4.12. The van der Waals surface area contributed by atoms with Crippen LogP contribution in [0.15, 0.2) is 0 Å². The summed E-state index contributed by atoms with van der Waals surface area (Å²) >= 11 is 2.44. The normalized spacial score (nSPS) is 17.0. The molecule has 1 amide bonds. The number of thiocyanates is 1. The van der Waals surface area contributed by atoms with Crippen molar-refractivity contribution >= 4 is 34.0 Å². The molecule has 0 spiro atoms. The van der Waals surface area contributed by atoms with Gasteiger partial charge in [0.1, 0.15) is 16.5 Å². The summed E-state index contributed by atoms with van der Waals surface area (Å²) in [5.41, 5.74) is 2.03. The van der Waals surface area contributed by atoms with E-state index in [1.807, 2.05) is 5.40 Å². The van der Waals surface area contributed by atoms with Gasteiger partial charge in [-0.05, 0) is 47.9 Å². The number of hydrogen-bond acceptors (Lipinski definition) is 5. The van der Waals surface area contributed by atoms with E-state index in [4.69, 9.17) is 5.26 Å². The molecule has 1 aliphatic rings. The Morgan fingerprint density at radius 1 is 1.48 bits per heavy atom. The Balaban J connectivity index is 2.22. The lowest BCUT2D eigenvalue weighted by atomic mass is 9.69. The van der Waals surface area contributed by atoms with Gasteiger partial charge >= 0.3 is 0 Å². The van der Waals surface area contributed by atoms with Gasteiger partial charge in [0.25, 0.3) is 0 Å². The molecule has 1 aromatic rings. The van der Waals surface area contributed by atoms with Gasteiger partial charge in [0.2, 0.25) is 5.91 Å². The van der Waals surface area contributed by atoms with Crippen LogP contribution in [0.25, 0.3) is 0 Å². The lowest BCUT2D eigenvalue weighted by molar-refractivity contribution is -0.113. The van der Waals surface area contributed by atoms with Crippen LogP contribution in [-0.4, -0.2) is 11.7 Å². The lowest BCUT2D eigenvalue weighted by Gasteiger charge is -2.36. The van der Waals surface area contributed by atoms with Gasteiger partial charge in [-0.1, -0.05) is 27.2 Å². The van der Waals surface area contributed by atoms with Crippen LogP contribution in [0.2, 0.25) is 0 Å². The van der Waals surface area contributed by atoms with Gasteiger partial charge in [-0.25, -0.2) is 0 Å². The molecule has 6 heteroatoms. The maximum Gasteiger partial charge on any atom is 0.236 e. The summed E-state index contributed by atoms with van der Waals surface area (Å²) < 4.78 is 0. The van der Waals surface area contributed by atoms with Crippen LogP contribution in [-0.2, 0) is 17.6 Å². The third kappa shape index (κ3) is 3.88. The second kappa shape index (κ2) is 7.38. The minimum absolute atomic E-state index is 0.0927. The number of carbonyl (C=O) groups excluding carboxylic acids is 1. The fourth-order valence-electron chi connectivity index (χ4n) is 3.01. The first-order valence-corrected chi connectivity index (χ1v) is 9.58. The minimum Gasteiger partial charge on any atom is -0.316 e. The molecule has 0 radical (unpaired) electrons. The molecule has 0 fully saturated rings. The molecule has 0 bridgehead atoms. The van der Waals surface area contributed by atoms with Gasteiger partial charge in [0, 0.05) is 4.88 Å². The third-order valence-electron chi connectivity index (χ3n) is 4.91. The number of rotatable bonds is 5. The molecular weight excluding hydrogens is 326 g/mol. The molecule has 1 atom stereocenters. The Bertz CT molecular complexity index is 679. The highest BCUT2D eigenvalue weighted by Gasteiger charge is 2.34. The summed E-state index contributed by atoms with van der Waals surface area (Å²) in [6.45, 7) is 6.84. The van der Waals surface area contributed by atoms with Crippen molar-refractivity contribution in [2.45, 2.75) is 46.5 Å². The van der Waals surface area contributed by atoms with Crippen LogP contribution in [0, 0.1) is 33.3 Å². The smallest absolute Gasteiger partial charge is 0.236 e. The number of amides is 1. The lowest BCUT2D eigenvalue weighted by Crippen LogP contribution is -2.28. The van der Waals surface area contributed by atoms with E-state index in [9.17, 15) is 10.1 Å². The van der Waals surface area contributed by atoms with E-state index < -0.39 is 0 Å². The van der Waals surface area contributed by atoms with Crippen molar-refractivity contribution in [2.24, 2.45) is 11.3 Å². The Labute approximate surface area is 145 Å². The monoisotopic (exact) mass is 347 g/mol. The molecule has 122 valence electrons. The predicted molar refractivity (Wildman–Crippen MR) is 95.3 cm³/mol. The average molecular weight is 348 g/mol. The second-order valence-electron chi connectivity index (χ2n) is 6.53. The molecule has 0 aromatic carbocycles. The summed E-state index contributed by atoms with van der Waals surface area (Å²) in [7, 11) is 0. The van der Waals surface area contributed by atoms with E-state index in [1.165, 1.54) is 16.2 Å². The largest absolute Gasteiger partial charge is 0.316 e. The van der Waals surface area contributed by atoms with Crippen molar-refractivity contribution in [3.63, 3.8) is 0 Å². The van der Waals surface area contributed by atoms with Gasteiger partial charge in [-0.3, -0.25) is 4.79 Å². The number of anilines is 1. The minimum atomic E-state index is -0.225. The molecular formula is C17H21N3OS2. The van der Waals surface area contributed by atoms with Crippen LogP contribution in [0.3, 0.4) is 0 Å². The average Bonchev–Trinajstić information content (AvgIpc) is 2.88. The van der Waals surface area contributed by atoms with E-state index in [1.54, 1.807) is 0 Å². The highest BCUT2D eigenvalue weighted by molar-refractivity contribution is 8.04. The third-order valence-corrected chi connectivity index (χ3v) is 6.62. The Morgan fingerprint density at radius 2 is 2.22 bits per heavy atom. The van der Waals surface area contributed by atoms with Gasteiger partial charge < -0.3 is 5.32 Å². The molecule has 0 aliphatic heterocycles. The molecule has 4 nitrogen and oxygen atoms in total. The Hall–Kier alpha value is -1.50. The number of nitrogens with zero attached hydrogens (tertiary/aromatic N) is 2. The number of thiophene rings is 1. The standard InChI is InChI=1S/C17H21N3OS2/c1-4-17(2,3)11-5-6-12-13(8-18)16(23-14(12)7-11)20-15(21)9-22-10-19/h11H,4-7,9H2,1-3H3,(H,20,21)/t11-/m0/s1. The number of carbonyl (C=O) groups is 1. The first-order valence-electron chi connectivity index (χ1n) is 7.78. The summed E-state index contributed by atoms with van der Waals surface area (Å²) in [4.78, 5) is 13.1. The fourth-order valence-corrected chi connectivity index (χ4v) is 4.57. The second-order valence-corrected chi connectivity index (χ2v) is 8.39. The SMILES string of the molecule is CCC(C)(C)[C@H]1CCc2c(sc(NC(=O)CSC#N)c2C#N)C1. The van der Waals surface area contributed by atoms with E-state index in [0.29, 0.717) is 21.9 Å². The molecule has 1 N–H and O–H groups in total. The number of nitriles is 2. The first-order chi connectivity index (χ1) is 10.9. The van der Waals surface area contributed by atoms with Gasteiger partial charge in [0.05, 0.1) is 11.3 Å². The van der Waals surface area contributed by atoms with Crippen LogP contribution in [0.1, 0.15) is 49.6 Å². The topological polar surface area (TPSA) is 76.7 Å². The summed E-state index contributed by atoms with van der Waals surface area (Å²) in [5.74, 6) is 0.482. The van der Waals surface area contributed by atoms with E-state index in [2.05, 4.69) is 32.2 Å². The van der Waals surface area contributed by atoms with E-state index in [0.717, 1.165) is 43.0 Å². The van der Waals surface area contributed by atoms with Crippen LogP contribution in [0.5, 0.6) is 0 Å². The van der Waals surface area contributed by atoms with Crippen LogP contribution >= 0.6 is 23.1 Å². The molecule has 0 saturated carbocycles. The Morgan fingerprint density at radius 3 is 2.83 bits per heavy atom. The van der Waals surface area contributed by atoms with Crippen molar-refractivity contribution in [3.05, 3.63) is 16.0 Å². The Kier molecular flexibility index (Phi) is 5.73. The van der Waals surface area contributed by atoms with Gasteiger partial charge in [-0.15, -0.1) is 11.3 Å². The quantitative estimate of drug-likeness (QED) is 0.805. The van der Waals surface area contributed by atoms with E-state index >= 15 is 0 Å². The van der Waals surface area contributed by atoms with Gasteiger partial charge in [0.15, 0.2) is 0 Å². The van der Waals surface area contributed by atoms with Crippen molar-refractivity contribution in [1.29, 1.82) is 10.5 Å². The van der Waals surface area contributed by atoms with Crippen molar-refractivity contribution in [1.82, 2.24) is 0 Å². The van der Waals surface area contributed by atoms with E-state index in [-0.39, 0.29) is 11.7 Å². The zero-order valence-electron chi connectivity index (χ0n) is 13.7. The maximum atomic E-state index is 11.8. The predicted octanol–water partition coefficient (Wildman–Crippen LogP) is 4.31. The zero-order chi connectivity index (χ0) is 17.0. The summed E-state index contributed by atoms with van der Waals surface area (Å²) in [6, 6.07) is 2.26. The molecule has 1 aromatic heterocycles. The fraction of sp³-hybridized carbons (Fsp3) is 0.588. The molecule has 2 rings (SSSR count). The highest BCUT2D eigenvalue weighted by atomic mass is 32.2. The van der Waals surface area contributed by atoms with Crippen molar-refractivity contribution in [3.8, 4) is 11.5 Å². The number of nitrogens with one attached hydrogen (secondary N) is 1. The maximum absolute atomic E-state index is 11.8. The van der Waals surface area contributed by atoms with Crippen LogP contribution in [0.4, 0.5) is 5.00 Å². The van der Waals surface area contributed by atoms with Crippen LogP contribution < -0.4 is 5.32 Å². The van der Waals surface area contributed by atoms with Crippen molar-refractivity contribution in [2.75, 3.05) is 11.1 Å². The van der Waals surface area contributed by atoms with Gasteiger partial charge in [-0.2, -0.15) is 10.5 Å². The molecule has 23 heavy (non-hydrogen) atoms. The highest BCUT2D eigenvalue weighted by Crippen LogP contribution is 2.45. The number of hydrogen-bond donors (Lipinski definition) is 1. The van der Waals surface area contributed by atoms with Crippen molar-refractivity contribution < 1.29 is 4.79 Å². The first kappa shape index (κ1) is 17.8. The zero-order valence-corrected chi connectivity index (χ0v) is 15.4. The molecule has 1 heterocycles. The summed E-state index contributed by atoms with van der Waals surface area (Å²) in [5, 5.41) is 23.3. The molecule has 1 aliphatic carbocycles. The number of thioether (sulfide) groups is 1. The molecule has 0 unspecified atom stereocenters.